The van der Waals surface area contributed by atoms with E-state index in [4.69, 9.17) is 9.84 Å². The minimum absolute atomic E-state index is 0.0226. The molecule has 0 unspecified atom stereocenters. The van der Waals surface area contributed by atoms with Gasteiger partial charge in [-0.1, -0.05) is 31.4 Å². The Morgan fingerprint density at radius 3 is 2.63 bits per heavy atom. The number of nitrogens with one attached hydrogen (secondary N) is 1. The third kappa shape index (κ3) is 4.60. The summed E-state index contributed by atoms with van der Waals surface area (Å²) in [6.07, 6.45) is 6.11. The molecule has 3 rings (SSSR count). The first kappa shape index (κ1) is 19.2. The quantitative estimate of drug-likeness (QED) is 0.639. The number of carboxylic acid groups (broad SMARTS) is 2. The Balaban J connectivity index is 1.89. The third-order valence-corrected chi connectivity index (χ3v) is 6.04. The maximum absolute atomic E-state index is 11.6. The van der Waals surface area contributed by atoms with Crippen LogP contribution in [0, 0.1) is 6.92 Å². The summed E-state index contributed by atoms with van der Waals surface area (Å²) in [7, 11) is 0. The third-order valence-electron chi connectivity index (χ3n) is 4.73. The van der Waals surface area contributed by atoms with Gasteiger partial charge in [-0.05, 0) is 37.5 Å². The molecule has 1 aliphatic carbocycles. The summed E-state index contributed by atoms with van der Waals surface area (Å²) in [5.41, 5.74) is 2.55. The van der Waals surface area contributed by atoms with Crippen LogP contribution in [0.3, 0.4) is 0 Å². The van der Waals surface area contributed by atoms with E-state index in [1.807, 2.05) is 24.3 Å². The summed E-state index contributed by atoms with van der Waals surface area (Å²) in [4.78, 5) is 23.2. The fourth-order valence-corrected chi connectivity index (χ4v) is 4.54. The summed E-state index contributed by atoms with van der Waals surface area (Å²) >= 11 is 1.11. The van der Waals surface area contributed by atoms with Gasteiger partial charge in [0.05, 0.1) is 0 Å². The summed E-state index contributed by atoms with van der Waals surface area (Å²) < 4.78 is 5.26. The van der Waals surface area contributed by atoms with Crippen molar-refractivity contribution >= 4 is 29.0 Å². The molecule has 7 heteroatoms. The Kier molecular flexibility index (Phi) is 6.01. The predicted octanol–water partition coefficient (Wildman–Crippen LogP) is 4.63. The maximum Gasteiger partial charge on any atom is 0.349 e. The zero-order valence-corrected chi connectivity index (χ0v) is 16.0. The molecular formula is C20H23NO5S. The summed E-state index contributed by atoms with van der Waals surface area (Å²) in [5, 5.41) is 21.9. The summed E-state index contributed by atoms with van der Waals surface area (Å²) in [5.74, 6) is -2.13. The van der Waals surface area contributed by atoms with Gasteiger partial charge < -0.3 is 20.3 Å². The highest BCUT2D eigenvalue weighted by atomic mass is 32.1. The van der Waals surface area contributed by atoms with E-state index in [2.05, 4.69) is 5.32 Å². The first-order valence-electron chi connectivity index (χ1n) is 9.04. The van der Waals surface area contributed by atoms with Crippen LogP contribution in [0.15, 0.2) is 24.3 Å². The smallest absolute Gasteiger partial charge is 0.349 e. The molecule has 1 fully saturated rings. The molecule has 3 N–H and O–H groups in total. The van der Waals surface area contributed by atoms with E-state index in [0.717, 1.165) is 27.5 Å². The van der Waals surface area contributed by atoms with Gasteiger partial charge in [-0.3, -0.25) is 0 Å². The van der Waals surface area contributed by atoms with Crippen molar-refractivity contribution in [3.8, 4) is 16.2 Å². The van der Waals surface area contributed by atoms with Crippen molar-refractivity contribution in [3.05, 3.63) is 34.7 Å². The number of carboxylic acids is 2. The molecule has 1 aromatic heterocycles. The molecule has 0 saturated heterocycles. The monoisotopic (exact) mass is 389 g/mol. The van der Waals surface area contributed by atoms with Crippen molar-refractivity contribution in [1.29, 1.82) is 0 Å². The zero-order valence-electron chi connectivity index (χ0n) is 15.2. The fraction of sp³-hybridized carbons (Fsp3) is 0.400. The van der Waals surface area contributed by atoms with Crippen molar-refractivity contribution in [1.82, 2.24) is 0 Å². The van der Waals surface area contributed by atoms with E-state index in [9.17, 15) is 14.7 Å². The largest absolute Gasteiger partial charge is 0.480 e. The van der Waals surface area contributed by atoms with Crippen LogP contribution in [0.4, 0.5) is 5.69 Å². The SMILES string of the molecule is Cc1c(-c2cccc(NC3CCCCC3)c2)sc(C(=O)O)c1OCC(=O)O. The number of ether oxygens (including phenoxy) is 1. The Morgan fingerprint density at radius 1 is 1.22 bits per heavy atom. The van der Waals surface area contributed by atoms with E-state index >= 15 is 0 Å². The highest BCUT2D eigenvalue weighted by Crippen LogP contribution is 2.42. The lowest BCUT2D eigenvalue weighted by atomic mass is 9.95. The predicted molar refractivity (Wildman–Crippen MR) is 105 cm³/mol. The number of aliphatic carboxylic acids is 1. The normalized spacial score (nSPS) is 14.7. The number of rotatable bonds is 7. The van der Waals surface area contributed by atoms with Crippen molar-refractivity contribution in [2.75, 3.05) is 11.9 Å². The van der Waals surface area contributed by atoms with Gasteiger partial charge in [0.2, 0.25) is 0 Å². The molecule has 0 atom stereocenters. The molecule has 144 valence electrons. The number of aromatic carboxylic acids is 1. The van der Waals surface area contributed by atoms with E-state index < -0.39 is 18.5 Å². The lowest BCUT2D eigenvalue weighted by Gasteiger charge is -2.24. The molecule has 0 amide bonds. The van der Waals surface area contributed by atoms with Gasteiger partial charge in [-0.25, -0.2) is 9.59 Å². The number of thiophene rings is 1. The molecule has 2 aromatic rings. The number of hydrogen-bond acceptors (Lipinski definition) is 5. The van der Waals surface area contributed by atoms with Crippen LogP contribution in [0.5, 0.6) is 5.75 Å². The molecular weight excluding hydrogens is 366 g/mol. The second-order valence-corrected chi connectivity index (χ2v) is 7.78. The molecule has 27 heavy (non-hydrogen) atoms. The van der Waals surface area contributed by atoms with Crippen LogP contribution in [0.25, 0.3) is 10.4 Å². The van der Waals surface area contributed by atoms with Gasteiger partial charge in [0.15, 0.2) is 11.5 Å². The van der Waals surface area contributed by atoms with Crippen LogP contribution in [-0.2, 0) is 4.79 Å². The van der Waals surface area contributed by atoms with Crippen molar-refractivity contribution in [3.63, 3.8) is 0 Å². The minimum Gasteiger partial charge on any atom is -0.480 e. The van der Waals surface area contributed by atoms with Gasteiger partial charge >= 0.3 is 11.9 Å². The van der Waals surface area contributed by atoms with Crippen molar-refractivity contribution in [2.45, 2.75) is 45.1 Å². The summed E-state index contributed by atoms with van der Waals surface area (Å²) in [6.45, 7) is 1.19. The second kappa shape index (κ2) is 8.43. The van der Waals surface area contributed by atoms with Crippen molar-refractivity contribution < 1.29 is 24.5 Å². The highest BCUT2D eigenvalue weighted by Gasteiger charge is 2.23. The molecule has 1 aromatic carbocycles. The minimum atomic E-state index is -1.14. The number of benzene rings is 1. The maximum atomic E-state index is 11.6. The molecule has 6 nitrogen and oxygen atoms in total. The lowest BCUT2D eigenvalue weighted by Crippen LogP contribution is -2.22. The zero-order chi connectivity index (χ0) is 19.4. The highest BCUT2D eigenvalue weighted by molar-refractivity contribution is 7.18. The van der Waals surface area contributed by atoms with Gasteiger partial charge in [0.1, 0.15) is 5.75 Å². The topological polar surface area (TPSA) is 95.9 Å². The number of anilines is 1. The molecule has 1 aliphatic rings. The average molecular weight is 389 g/mol. The van der Waals surface area contributed by atoms with E-state index in [0.29, 0.717) is 11.6 Å². The molecule has 0 bridgehead atoms. The molecule has 0 spiro atoms. The van der Waals surface area contributed by atoms with Crippen LogP contribution >= 0.6 is 11.3 Å². The van der Waals surface area contributed by atoms with E-state index in [-0.39, 0.29) is 10.6 Å². The first-order valence-corrected chi connectivity index (χ1v) is 9.85. The Bertz CT molecular complexity index is 839. The summed E-state index contributed by atoms with van der Waals surface area (Å²) in [6, 6.07) is 8.37. The standard InChI is InChI=1S/C20H23NO5S/c1-12-17(26-11-16(22)23)19(20(24)25)27-18(12)13-6-5-9-15(10-13)21-14-7-3-2-4-8-14/h5-6,9-10,14,21H,2-4,7-8,11H2,1H3,(H,22,23)(H,24,25). The van der Waals surface area contributed by atoms with Gasteiger partial charge in [-0.15, -0.1) is 11.3 Å². The van der Waals surface area contributed by atoms with Gasteiger partial charge in [0.25, 0.3) is 0 Å². The van der Waals surface area contributed by atoms with E-state index in [1.54, 1.807) is 6.92 Å². The molecule has 1 saturated carbocycles. The Hall–Kier alpha value is -2.54. The van der Waals surface area contributed by atoms with Gasteiger partial charge in [0, 0.05) is 22.2 Å². The van der Waals surface area contributed by atoms with Crippen LogP contribution in [0.2, 0.25) is 0 Å². The van der Waals surface area contributed by atoms with Crippen LogP contribution < -0.4 is 10.1 Å². The average Bonchev–Trinajstić information content (AvgIpc) is 2.98. The Labute approximate surface area is 161 Å². The lowest BCUT2D eigenvalue weighted by molar-refractivity contribution is -0.139. The van der Waals surface area contributed by atoms with E-state index in [1.165, 1.54) is 32.1 Å². The van der Waals surface area contributed by atoms with Crippen molar-refractivity contribution in [2.24, 2.45) is 0 Å². The Morgan fingerprint density at radius 2 is 1.96 bits per heavy atom. The molecule has 0 aliphatic heterocycles. The number of hydrogen-bond donors (Lipinski definition) is 3. The molecule has 1 heterocycles. The number of carbonyl (C=O) groups is 2. The van der Waals surface area contributed by atoms with Gasteiger partial charge in [-0.2, -0.15) is 0 Å². The molecule has 0 radical (unpaired) electrons. The first-order chi connectivity index (χ1) is 13.0. The fourth-order valence-electron chi connectivity index (χ4n) is 3.46. The second-order valence-electron chi connectivity index (χ2n) is 6.76. The van der Waals surface area contributed by atoms with Crippen LogP contribution in [-0.4, -0.2) is 34.8 Å². The van der Waals surface area contributed by atoms with Crippen LogP contribution in [0.1, 0.15) is 47.3 Å².